The van der Waals surface area contributed by atoms with E-state index in [1.54, 1.807) is 22.9 Å². The van der Waals surface area contributed by atoms with Crippen molar-refractivity contribution >= 4 is 11.8 Å². The first-order valence-electron chi connectivity index (χ1n) is 6.87. The van der Waals surface area contributed by atoms with Gasteiger partial charge in [0.2, 0.25) is 5.16 Å². The lowest BCUT2D eigenvalue weighted by molar-refractivity contribution is 0.337. The van der Waals surface area contributed by atoms with E-state index in [-0.39, 0.29) is 0 Å². The fourth-order valence-electron chi connectivity index (χ4n) is 1.93. The van der Waals surface area contributed by atoms with E-state index in [1.165, 1.54) is 11.8 Å². The Morgan fingerprint density at radius 3 is 2.91 bits per heavy atom. The largest absolute Gasteiger partial charge is 0.492 e. The molecule has 0 spiro atoms. The molecule has 8 heteroatoms. The van der Waals surface area contributed by atoms with Gasteiger partial charge in [0.1, 0.15) is 28.2 Å². The van der Waals surface area contributed by atoms with Gasteiger partial charge < -0.3 is 4.74 Å². The highest BCUT2D eigenvalue weighted by Crippen LogP contribution is 2.29. The SMILES string of the molecule is CCOc1ccccc1-n1nnnc1Sc1cccc(C#N)n1. The van der Waals surface area contributed by atoms with Crippen molar-refractivity contribution in [3.8, 4) is 17.5 Å². The van der Waals surface area contributed by atoms with Gasteiger partial charge in [-0.05, 0) is 53.4 Å². The quantitative estimate of drug-likeness (QED) is 0.712. The van der Waals surface area contributed by atoms with E-state index in [9.17, 15) is 0 Å². The van der Waals surface area contributed by atoms with E-state index in [4.69, 9.17) is 10.00 Å². The molecule has 0 radical (unpaired) electrons. The fourth-order valence-corrected chi connectivity index (χ4v) is 2.71. The van der Waals surface area contributed by atoms with Crippen LogP contribution in [0.1, 0.15) is 12.6 Å². The number of rotatable bonds is 5. The summed E-state index contributed by atoms with van der Waals surface area (Å²) in [7, 11) is 0. The fraction of sp³-hybridized carbons (Fsp3) is 0.133. The molecule has 0 aliphatic rings. The van der Waals surface area contributed by atoms with E-state index in [0.29, 0.717) is 28.2 Å². The molecule has 0 bridgehead atoms. The molecule has 0 unspecified atom stereocenters. The molecule has 2 heterocycles. The Kier molecular flexibility index (Phi) is 4.49. The zero-order chi connectivity index (χ0) is 16.1. The van der Waals surface area contributed by atoms with Gasteiger partial charge in [0.25, 0.3) is 0 Å². The van der Waals surface area contributed by atoms with Crippen molar-refractivity contribution in [1.29, 1.82) is 5.26 Å². The average Bonchev–Trinajstić information content (AvgIpc) is 3.04. The van der Waals surface area contributed by atoms with Crippen LogP contribution in [0.25, 0.3) is 5.69 Å². The van der Waals surface area contributed by atoms with Crippen LogP contribution in [-0.2, 0) is 0 Å². The first-order valence-corrected chi connectivity index (χ1v) is 7.69. The summed E-state index contributed by atoms with van der Waals surface area (Å²) in [6.45, 7) is 2.47. The summed E-state index contributed by atoms with van der Waals surface area (Å²) in [5.41, 5.74) is 1.10. The minimum absolute atomic E-state index is 0.351. The van der Waals surface area contributed by atoms with E-state index in [2.05, 4.69) is 20.5 Å². The summed E-state index contributed by atoms with van der Waals surface area (Å²) in [6.07, 6.45) is 0. The van der Waals surface area contributed by atoms with E-state index in [0.717, 1.165) is 5.69 Å². The van der Waals surface area contributed by atoms with Crippen LogP contribution in [0.5, 0.6) is 5.75 Å². The molecule has 2 aromatic heterocycles. The van der Waals surface area contributed by atoms with E-state index < -0.39 is 0 Å². The number of pyridine rings is 1. The van der Waals surface area contributed by atoms with Gasteiger partial charge in [0.05, 0.1) is 6.61 Å². The molecule has 3 aromatic rings. The zero-order valence-corrected chi connectivity index (χ0v) is 13.1. The number of aromatic nitrogens is 5. The van der Waals surface area contributed by atoms with Crippen molar-refractivity contribution in [2.24, 2.45) is 0 Å². The van der Waals surface area contributed by atoms with E-state index in [1.807, 2.05) is 37.3 Å². The molecule has 0 fully saturated rings. The molecule has 0 N–H and O–H groups in total. The van der Waals surface area contributed by atoms with Gasteiger partial charge in [0.15, 0.2) is 0 Å². The van der Waals surface area contributed by atoms with Crippen LogP contribution in [0, 0.1) is 11.3 Å². The van der Waals surface area contributed by atoms with Crippen LogP contribution in [0.4, 0.5) is 0 Å². The molecule has 0 atom stereocenters. The molecule has 114 valence electrons. The lowest BCUT2D eigenvalue weighted by Gasteiger charge is -2.10. The van der Waals surface area contributed by atoms with Gasteiger partial charge in [-0.25, -0.2) is 4.98 Å². The number of nitrogens with zero attached hydrogens (tertiary/aromatic N) is 6. The minimum atomic E-state index is 0.351. The summed E-state index contributed by atoms with van der Waals surface area (Å²) in [5.74, 6) is 0.697. The van der Waals surface area contributed by atoms with Crippen molar-refractivity contribution < 1.29 is 4.74 Å². The maximum absolute atomic E-state index is 8.93. The van der Waals surface area contributed by atoms with Crippen LogP contribution >= 0.6 is 11.8 Å². The van der Waals surface area contributed by atoms with Crippen molar-refractivity contribution in [3.05, 3.63) is 48.2 Å². The summed E-state index contributed by atoms with van der Waals surface area (Å²) >= 11 is 1.28. The molecule has 0 saturated heterocycles. The molecular formula is C15H12N6OS. The predicted molar refractivity (Wildman–Crippen MR) is 83.4 cm³/mol. The lowest BCUT2D eigenvalue weighted by atomic mass is 10.3. The maximum Gasteiger partial charge on any atom is 0.220 e. The molecule has 23 heavy (non-hydrogen) atoms. The molecule has 3 rings (SSSR count). The number of hydrogen-bond acceptors (Lipinski definition) is 7. The van der Waals surface area contributed by atoms with Crippen LogP contribution in [0.2, 0.25) is 0 Å². The van der Waals surface area contributed by atoms with Crippen molar-refractivity contribution in [2.75, 3.05) is 6.61 Å². The van der Waals surface area contributed by atoms with Gasteiger partial charge in [0, 0.05) is 0 Å². The number of hydrogen-bond donors (Lipinski definition) is 0. The van der Waals surface area contributed by atoms with Gasteiger partial charge >= 0.3 is 0 Å². The second kappa shape index (κ2) is 6.89. The van der Waals surface area contributed by atoms with Gasteiger partial charge in [-0.2, -0.15) is 9.94 Å². The van der Waals surface area contributed by atoms with Gasteiger partial charge in [-0.1, -0.05) is 18.2 Å². The van der Waals surface area contributed by atoms with Crippen LogP contribution in [0.15, 0.2) is 52.6 Å². The highest BCUT2D eigenvalue weighted by Gasteiger charge is 2.14. The van der Waals surface area contributed by atoms with Crippen LogP contribution in [-0.4, -0.2) is 31.8 Å². The molecular weight excluding hydrogens is 312 g/mol. The minimum Gasteiger partial charge on any atom is -0.492 e. The molecule has 7 nitrogen and oxygen atoms in total. The lowest BCUT2D eigenvalue weighted by Crippen LogP contribution is -2.03. The number of benzene rings is 1. The second-order valence-electron chi connectivity index (χ2n) is 4.35. The Labute approximate surface area is 136 Å². The standard InChI is InChI=1S/C15H12N6OS/c1-2-22-13-8-4-3-7-12(13)21-15(18-19-20-21)23-14-9-5-6-11(10-16)17-14/h3-9H,2H2,1H3. The first kappa shape index (κ1) is 15.0. The van der Waals surface area contributed by atoms with Gasteiger partial charge in [-0.15, -0.1) is 5.10 Å². The molecule has 0 aliphatic heterocycles. The Balaban J connectivity index is 1.95. The topological polar surface area (TPSA) is 89.5 Å². The third-order valence-corrected chi connectivity index (χ3v) is 3.74. The third kappa shape index (κ3) is 3.30. The number of tetrazole rings is 1. The Morgan fingerprint density at radius 1 is 1.22 bits per heavy atom. The highest BCUT2D eigenvalue weighted by atomic mass is 32.2. The summed E-state index contributed by atoms with van der Waals surface area (Å²) in [5, 5.41) is 21.9. The molecule has 0 saturated carbocycles. The Morgan fingerprint density at radius 2 is 2.09 bits per heavy atom. The smallest absolute Gasteiger partial charge is 0.220 e. The number of ether oxygens (including phenoxy) is 1. The van der Waals surface area contributed by atoms with Crippen LogP contribution < -0.4 is 4.74 Å². The van der Waals surface area contributed by atoms with Crippen molar-refractivity contribution in [2.45, 2.75) is 17.1 Å². The Bertz CT molecular complexity index is 857. The van der Waals surface area contributed by atoms with Crippen LogP contribution in [0.3, 0.4) is 0 Å². The average molecular weight is 324 g/mol. The summed E-state index contributed by atoms with van der Waals surface area (Å²) < 4.78 is 7.21. The molecule has 1 aromatic carbocycles. The normalized spacial score (nSPS) is 10.3. The molecule has 0 aliphatic carbocycles. The number of para-hydroxylation sites is 2. The van der Waals surface area contributed by atoms with Gasteiger partial charge in [-0.3, -0.25) is 0 Å². The highest BCUT2D eigenvalue weighted by molar-refractivity contribution is 7.99. The number of nitriles is 1. The second-order valence-corrected chi connectivity index (χ2v) is 5.34. The van der Waals surface area contributed by atoms with Crippen molar-refractivity contribution in [1.82, 2.24) is 25.2 Å². The molecule has 0 amide bonds. The third-order valence-electron chi connectivity index (χ3n) is 2.87. The van der Waals surface area contributed by atoms with Crippen molar-refractivity contribution in [3.63, 3.8) is 0 Å². The summed E-state index contributed by atoms with van der Waals surface area (Å²) in [4.78, 5) is 4.22. The predicted octanol–water partition coefficient (Wildman–Crippen LogP) is 2.48. The maximum atomic E-state index is 8.93. The zero-order valence-electron chi connectivity index (χ0n) is 12.2. The monoisotopic (exact) mass is 324 g/mol. The summed E-state index contributed by atoms with van der Waals surface area (Å²) in [6, 6.07) is 14.8. The first-order chi connectivity index (χ1) is 11.3. The van der Waals surface area contributed by atoms with E-state index >= 15 is 0 Å². The Hall–Kier alpha value is -2.92.